The van der Waals surface area contributed by atoms with Crippen LogP contribution >= 0.6 is 11.3 Å². The van der Waals surface area contributed by atoms with Crippen LogP contribution in [0.25, 0.3) is 0 Å². The zero-order valence-electron chi connectivity index (χ0n) is 11.5. The molecule has 102 valence electrons. The van der Waals surface area contributed by atoms with Crippen molar-refractivity contribution in [1.29, 1.82) is 0 Å². The number of halogens is 1. The molecule has 0 bridgehead atoms. The summed E-state index contributed by atoms with van der Waals surface area (Å²) in [5.74, 6) is -0.205. The Morgan fingerprint density at radius 3 is 2.63 bits per heavy atom. The van der Waals surface area contributed by atoms with E-state index in [1.54, 1.807) is 23.5 Å². The van der Waals surface area contributed by atoms with Gasteiger partial charge in [0, 0.05) is 4.88 Å². The first kappa shape index (κ1) is 14.2. The van der Waals surface area contributed by atoms with E-state index in [0.29, 0.717) is 12.0 Å². The summed E-state index contributed by atoms with van der Waals surface area (Å²) in [7, 11) is 0. The Morgan fingerprint density at radius 1 is 1.37 bits per heavy atom. The number of aryl methyl sites for hydroxylation is 2. The number of rotatable bonds is 4. The van der Waals surface area contributed by atoms with E-state index < -0.39 is 5.54 Å². The SMILES string of the molecule is CCc1nc(C(C)(N)Cc2ccccc2F)sc1C. The van der Waals surface area contributed by atoms with Gasteiger partial charge in [-0.3, -0.25) is 0 Å². The summed E-state index contributed by atoms with van der Waals surface area (Å²) in [4.78, 5) is 5.79. The third-order valence-corrected chi connectivity index (χ3v) is 4.52. The van der Waals surface area contributed by atoms with Gasteiger partial charge in [0.25, 0.3) is 0 Å². The second kappa shape index (κ2) is 5.39. The summed E-state index contributed by atoms with van der Waals surface area (Å²) in [5.41, 5.74) is 7.45. The lowest BCUT2D eigenvalue weighted by atomic mass is 9.94. The minimum atomic E-state index is -0.634. The summed E-state index contributed by atoms with van der Waals surface area (Å²) < 4.78 is 13.7. The van der Waals surface area contributed by atoms with Gasteiger partial charge in [0.2, 0.25) is 0 Å². The average Bonchev–Trinajstić information content (AvgIpc) is 2.74. The van der Waals surface area contributed by atoms with Crippen LogP contribution in [0.2, 0.25) is 0 Å². The standard InChI is InChI=1S/C15H19FN2S/c1-4-13-10(2)19-14(18-13)15(3,17)9-11-7-5-6-8-12(11)16/h5-8H,4,9,17H2,1-3H3. The molecule has 1 heterocycles. The molecule has 0 aliphatic carbocycles. The predicted octanol–water partition coefficient (Wildman–Crippen LogP) is 3.57. The molecule has 0 fully saturated rings. The van der Waals surface area contributed by atoms with Gasteiger partial charge in [-0.05, 0) is 38.3 Å². The fraction of sp³-hybridized carbons (Fsp3) is 0.400. The fourth-order valence-corrected chi connectivity index (χ4v) is 3.17. The van der Waals surface area contributed by atoms with E-state index in [1.807, 2.05) is 13.0 Å². The molecule has 1 atom stereocenters. The summed E-state index contributed by atoms with van der Waals surface area (Å²) in [6, 6.07) is 6.77. The Balaban J connectivity index is 2.29. The van der Waals surface area contributed by atoms with Gasteiger partial charge in [-0.15, -0.1) is 11.3 Å². The molecule has 0 saturated heterocycles. The van der Waals surface area contributed by atoms with Crippen molar-refractivity contribution in [2.45, 2.75) is 39.2 Å². The highest BCUT2D eigenvalue weighted by Gasteiger charge is 2.27. The van der Waals surface area contributed by atoms with Crippen LogP contribution in [0.1, 0.15) is 35.0 Å². The van der Waals surface area contributed by atoms with Crippen LogP contribution in [0.3, 0.4) is 0 Å². The lowest BCUT2D eigenvalue weighted by molar-refractivity contribution is 0.472. The summed E-state index contributed by atoms with van der Waals surface area (Å²) >= 11 is 1.61. The molecule has 0 amide bonds. The van der Waals surface area contributed by atoms with Gasteiger partial charge >= 0.3 is 0 Å². The molecule has 1 unspecified atom stereocenters. The van der Waals surface area contributed by atoms with Gasteiger partial charge in [-0.2, -0.15) is 0 Å². The summed E-state index contributed by atoms with van der Waals surface area (Å²) in [6.07, 6.45) is 1.36. The summed E-state index contributed by atoms with van der Waals surface area (Å²) in [6.45, 7) is 6.05. The van der Waals surface area contributed by atoms with E-state index in [-0.39, 0.29) is 5.82 Å². The van der Waals surface area contributed by atoms with E-state index in [9.17, 15) is 4.39 Å². The highest BCUT2D eigenvalue weighted by Crippen LogP contribution is 2.29. The van der Waals surface area contributed by atoms with Gasteiger partial charge < -0.3 is 5.73 Å². The molecule has 19 heavy (non-hydrogen) atoms. The van der Waals surface area contributed by atoms with Crippen LogP contribution in [0.4, 0.5) is 4.39 Å². The molecule has 0 radical (unpaired) electrons. The van der Waals surface area contributed by atoms with Gasteiger partial charge in [-0.1, -0.05) is 25.1 Å². The Kier molecular flexibility index (Phi) is 4.02. The number of nitrogens with two attached hydrogens (primary N) is 1. The number of thiazole rings is 1. The van der Waals surface area contributed by atoms with Crippen molar-refractivity contribution >= 4 is 11.3 Å². The Labute approximate surface area is 117 Å². The average molecular weight is 278 g/mol. The van der Waals surface area contributed by atoms with Crippen LogP contribution < -0.4 is 5.73 Å². The minimum Gasteiger partial charge on any atom is -0.319 e. The molecule has 0 aliphatic rings. The lowest BCUT2D eigenvalue weighted by Gasteiger charge is -2.22. The normalized spacial score (nSPS) is 14.4. The van der Waals surface area contributed by atoms with E-state index in [4.69, 9.17) is 5.73 Å². The Hall–Kier alpha value is -1.26. The maximum absolute atomic E-state index is 13.7. The molecule has 2 N–H and O–H groups in total. The first-order valence-electron chi connectivity index (χ1n) is 6.43. The van der Waals surface area contributed by atoms with Crippen molar-refractivity contribution in [3.05, 3.63) is 51.2 Å². The van der Waals surface area contributed by atoms with E-state index in [2.05, 4.69) is 18.8 Å². The molecule has 0 spiro atoms. The van der Waals surface area contributed by atoms with Gasteiger partial charge in [0.05, 0.1) is 11.2 Å². The number of nitrogens with zero attached hydrogens (tertiary/aromatic N) is 1. The lowest BCUT2D eigenvalue weighted by Crippen LogP contribution is -2.35. The Morgan fingerprint density at radius 2 is 2.05 bits per heavy atom. The smallest absolute Gasteiger partial charge is 0.126 e. The highest BCUT2D eigenvalue weighted by atomic mass is 32.1. The number of aromatic nitrogens is 1. The number of benzene rings is 1. The maximum atomic E-state index is 13.7. The van der Waals surface area contributed by atoms with Gasteiger partial charge in [-0.25, -0.2) is 9.37 Å². The van der Waals surface area contributed by atoms with Crippen molar-refractivity contribution < 1.29 is 4.39 Å². The van der Waals surface area contributed by atoms with E-state index in [0.717, 1.165) is 17.1 Å². The summed E-state index contributed by atoms with van der Waals surface area (Å²) in [5, 5.41) is 0.880. The Bertz CT molecular complexity index is 575. The van der Waals surface area contributed by atoms with E-state index >= 15 is 0 Å². The van der Waals surface area contributed by atoms with Crippen LogP contribution in [-0.4, -0.2) is 4.98 Å². The second-order valence-corrected chi connectivity index (χ2v) is 6.26. The topological polar surface area (TPSA) is 38.9 Å². The van der Waals surface area contributed by atoms with Crippen LogP contribution in [-0.2, 0) is 18.4 Å². The zero-order chi connectivity index (χ0) is 14.0. The quantitative estimate of drug-likeness (QED) is 0.928. The number of hydrogen-bond acceptors (Lipinski definition) is 3. The zero-order valence-corrected chi connectivity index (χ0v) is 12.4. The highest BCUT2D eigenvalue weighted by molar-refractivity contribution is 7.11. The molecule has 2 aromatic rings. The van der Waals surface area contributed by atoms with Crippen molar-refractivity contribution in [2.75, 3.05) is 0 Å². The molecular formula is C15H19FN2S. The predicted molar refractivity (Wildman–Crippen MR) is 77.9 cm³/mol. The molecule has 4 heteroatoms. The molecular weight excluding hydrogens is 259 g/mol. The first-order valence-corrected chi connectivity index (χ1v) is 7.24. The number of hydrogen-bond donors (Lipinski definition) is 1. The van der Waals surface area contributed by atoms with Crippen LogP contribution in [0.5, 0.6) is 0 Å². The van der Waals surface area contributed by atoms with Crippen LogP contribution in [0, 0.1) is 12.7 Å². The molecule has 1 aromatic heterocycles. The van der Waals surface area contributed by atoms with Crippen molar-refractivity contribution in [3.8, 4) is 0 Å². The molecule has 0 aliphatic heterocycles. The minimum absolute atomic E-state index is 0.205. The fourth-order valence-electron chi connectivity index (χ4n) is 2.11. The van der Waals surface area contributed by atoms with Crippen molar-refractivity contribution in [3.63, 3.8) is 0 Å². The molecule has 1 aromatic carbocycles. The van der Waals surface area contributed by atoms with Crippen LogP contribution in [0.15, 0.2) is 24.3 Å². The monoisotopic (exact) mass is 278 g/mol. The first-order chi connectivity index (χ1) is 8.94. The third kappa shape index (κ3) is 3.01. The molecule has 2 nitrogen and oxygen atoms in total. The van der Waals surface area contributed by atoms with E-state index in [1.165, 1.54) is 10.9 Å². The largest absolute Gasteiger partial charge is 0.319 e. The van der Waals surface area contributed by atoms with Gasteiger partial charge in [0.1, 0.15) is 10.8 Å². The maximum Gasteiger partial charge on any atom is 0.126 e. The van der Waals surface area contributed by atoms with Gasteiger partial charge in [0.15, 0.2) is 0 Å². The van der Waals surface area contributed by atoms with Crippen molar-refractivity contribution in [1.82, 2.24) is 4.98 Å². The second-order valence-electron chi connectivity index (χ2n) is 5.06. The molecule has 0 saturated carbocycles. The third-order valence-electron chi connectivity index (χ3n) is 3.23. The van der Waals surface area contributed by atoms with Crippen molar-refractivity contribution in [2.24, 2.45) is 5.73 Å². The molecule has 2 rings (SSSR count).